The first-order chi connectivity index (χ1) is 10.2. The fraction of sp³-hybridized carbons (Fsp3) is 0.733. The normalized spacial score (nSPS) is 12.9. The molecule has 0 radical (unpaired) electrons. The molecule has 0 aliphatic rings. The summed E-state index contributed by atoms with van der Waals surface area (Å²) in [4.78, 5) is 27.1. The number of hydrogen-bond acceptors (Lipinski definition) is 5. The zero-order valence-electron chi connectivity index (χ0n) is 13.7. The van der Waals surface area contributed by atoms with Gasteiger partial charge in [0.1, 0.15) is 6.04 Å². The Morgan fingerprint density at radius 2 is 2.05 bits per heavy atom. The van der Waals surface area contributed by atoms with Crippen LogP contribution in [-0.4, -0.2) is 33.2 Å². The van der Waals surface area contributed by atoms with Crippen molar-refractivity contribution in [2.24, 2.45) is 5.41 Å². The number of rotatable bonds is 8. The summed E-state index contributed by atoms with van der Waals surface area (Å²) in [6.45, 7) is 7.85. The van der Waals surface area contributed by atoms with E-state index in [2.05, 4.69) is 15.5 Å². The van der Waals surface area contributed by atoms with Crippen LogP contribution in [-0.2, 0) is 16.0 Å². The van der Waals surface area contributed by atoms with Gasteiger partial charge in [-0.15, -0.1) is 0 Å². The number of aryl methyl sites for hydroxylation is 2. The van der Waals surface area contributed by atoms with E-state index in [4.69, 9.17) is 4.52 Å². The number of carboxylic acid groups (broad SMARTS) is 1. The second-order valence-electron chi connectivity index (χ2n) is 6.65. The van der Waals surface area contributed by atoms with Gasteiger partial charge in [0, 0.05) is 12.8 Å². The average Bonchev–Trinajstić information content (AvgIpc) is 2.79. The van der Waals surface area contributed by atoms with E-state index in [1.165, 1.54) is 0 Å². The van der Waals surface area contributed by atoms with Crippen LogP contribution in [0.15, 0.2) is 4.52 Å². The van der Waals surface area contributed by atoms with Crippen LogP contribution in [0.3, 0.4) is 0 Å². The summed E-state index contributed by atoms with van der Waals surface area (Å²) in [5, 5.41) is 15.4. The summed E-state index contributed by atoms with van der Waals surface area (Å²) in [7, 11) is 0. The molecule has 0 spiro atoms. The molecule has 0 aliphatic heterocycles. The van der Waals surface area contributed by atoms with Crippen molar-refractivity contribution >= 4 is 11.9 Å². The molecule has 1 aromatic heterocycles. The predicted octanol–water partition coefficient (Wildman–Crippen LogP) is 2.10. The first kappa shape index (κ1) is 18.1. The molecule has 22 heavy (non-hydrogen) atoms. The molecule has 1 heterocycles. The van der Waals surface area contributed by atoms with Gasteiger partial charge in [-0.1, -0.05) is 25.9 Å². The fourth-order valence-corrected chi connectivity index (χ4v) is 1.94. The van der Waals surface area contributed by atoms with E-state index in [1.54, 1.807) is 6.92 Å². The third-order valence-corrected chi connectivity index (χ3v) is 3.18. The van der Waals surface area contributed by atoms with Gasteiger partial charge in [0.15, 0.2) is 5.82 Å². The van der Waals surface area contributed by atoms with Crippen LogP contribution in [0, 0.1) is 12.3 Å². The van der Waals surface area contributed by atoms with Gasteiger partial charge >= 0.3 is 5.97 Å². The van der Waals surface area contributed by atoms with E-state index in [0.29, 0.717) is 31.0 Å². The lowest BCUT2D eigenvalue weighted by Gasteiger charge is -2.21. The van der Waals surface area contributed by atoms with Crippen molar-refractivity contribution in [3.05, 3.63) is 11.7 Å². The van der Waals surface area contributed by atoms with Gasteiger partial charge < -0.3 is 14.9 Å². The number of nitrogens with zero attached hydrogens (tertiary/aromatic N) is 2. The van der Waals surface area contributed by atoms with E-state index >= 15 is 0 Å². The van der Waals surface area contributed by atoms with Gasteiger partial charge in [0.25, 0.3) is 0 Å². The molecular weight excluding hydrogens is 286 g/mol. The topological polar surface area (TPSA) is 105 Å². The largest absolute Gasteiger partial charge is 0.480 e. The molecule has 124 valence electrons. The number of aromatic nitrogens is 2. The van der Waals surface area contributed by atoms with Gasteiger partial charge in [0.2, 0.25) is 11.8 Å². The van der Waals surface area contributed by atoms with E-state index in [-0.39, 0.29) is 17.7 Å². The van der Waals surface area contributed by atoms with Crippen LogP contribution in [0.1, 0.15) is 58.2 Å². The molecular formula is C15H25N3O4. The van der Waals surface area contributed by atoms with Crippen LogP contribution >= 0.6 is 0 Å². The lowest BCUT2D eigenvalue weighted by Crippen LogP contribution is -2.41. The van der Waals surface area contributed by atoms with Gasteiger partial charge in [-0.3, -0.25) is 4.79 Å². The SMILES string of the molecule is Cc1noc(CCCC(=O)NC(CCC(C)(C)C)C(=O)O)n1. The summed E-state index contributed by atoms with van der Waals surface area (Å²) in [5.41, 5.74) is 0.0360. The minimum atomic E-state index is -0.995. The quantitative estimate of drug-likeness (QED) is 0.761. The number of carbonyl (C=O) groups is 2. The number of carbonyl (C=O) groups excluding carboxylic acids is 1. The van der Waals surface area contributed by atoms with Crippen molar-refractivity contribution in [3.63, 3.8) is 0 Å². The highest BCUT2D eigenvalue weighted by Crippen LogP contribution is 2.21. The molecule has 0 aromatic carbocycles. The summed E-state index contributed by atoms with van der Waals surface area (Å²) in [6, 6.07) is -0.836. The second kappa shape index (κ2) is 7.91. The highest BCUT2D eigenvalue weighted by atomic mass is 16.5. The maximum absolute atomic E-state index is 11.8. The molecule has 0 fully saturated rings. The number of aliphatic carboxylic acids is 1. The Balaban J connectivity index is 2.35. The highest BCUT2D eigenvalue weighted by Gasteiger charge is 2.22. The standard InChI is InChI=1S/C15H25N3O4/c1-10-16-13(22-18-10)7-5-6-12(19)17-11(14(20)21)8-9-15(2,3)4/h11H,5-9H2,1-4H3,(H,17,19)(H,20,21). The summed E-state index contributed by atoms with van der Waals surface area (Å²) in [5.74, 6) is -0.205. The molecule has 1 rings (SSSR count). The fourth-order valence-electron chi connectivity index (χ4n) is 1.94. The number of amides is 1. The molecule has 1 unspecified atom stereocenters. The Morgan fingerprint density at radius 3 is 2.55 bits per heavy atom. The number of carboxylic acids is 1. The van der Waals surface area contributed by atoms with Crippen molar-refractivity contribution in [2.75, 3.05) is 0 Å². The molecule has 1 amide bonds. The smallest absolute Gasteiger partial charge is 0.326 e. The molecule has 0 bridgehead atoms. The Bertz CT molecular complexity index is 505. The van der Waals surface area contributed by atoms with Crippen LogP contribution < -0.4 is 5.32 Å². The predicted molar refractivity (Wildman–Crippen MR) is 80.2 cm³/mol. The van der Waals surface area contributed by atoms with Crippen molar-refractivity contribution in [1.29, 1.82) is 0 Å². The Labute approximate surface area is 130 Å². The zero-order valence-corrected chi connectivity index (χ0v) is 13.7. The first-order valence-corrected chi connectivity index (χ1v) is 7.49. The van der Waals surface area contributed by atoms with Crippen molar-refractivity contribution in [1.82, 2.24) is 15.5 Å². The lowest BCUT2D eigenvalue weighted by atomic mass is 9.88. The highest BCUT2D eigenvalue weighted by molar-refractivity contribution is 5.83. The van der Waals surface area contributed by atoms with Gasteiger partial charge in [-0.05, 0) is 31.6 Å². The van der Waals surface area contributed by atoms with Crippen molar-refractivity contribution in [3.8, 4) is 0 Å². The third-order valence-electron chi connectivity index (χ3n) is 3.18. The van der Waals surface area contributed by atoms with Crippen LogP contribution in [0.4, 0.5) is 0 Å². The molecule has 2 N–H and O–H groups in total. The average molecular weight is 311 g/mol. The molecule has 0 saturated carbocycles. The summed E-state index contributed by atoms with van der Waals surface area (Å²) >= 11 is 0. The van der Waals surface area contributed by atoms with E-state index in [0.717, 1.165) is 6.42 Å². The number of nitrogens with one attached hydrogen (secondary N) is 1. The van der Waals surface area contributed by atoms with Crippen molar-refractivity contribution in [2.45, 2.75) is 65.8 Å². The lowest BCUT2D eigenvalue weighted by molar-refractivity contribution is -0.142. The third kappa shape index (κ3) is 7.19. The maximum Gasteiger partial charge on any atom is 0.326 e. The Kier molecular flexibility index (Phi) is 6.52. The maximum atomic E-state index is 11.8. The first-order valence-electron chi connectivity index (χ1n) is 7.49. The summed E-state index contributed by atoms with van der Waals surface area (Å²) in [6.07, 6.45) is 2.44. The number of hydrogen-bond donors (Lipinski definition) is 2. The van der Waals surface area contributed by atoms with Gasteiger partial charge in [0.05, 0.1) is 0 Å². The van der Waals surface area contributed by atoms with Gasteiger partial charge in [-0.25, -0.2) is 4.79 Å². The van der Waals surface area contributed by atoms with E-state index in [9.17, 15) is 14.7 Å². The van der Waals surface area contributed by atoms with Crippen molar-refractivity contribution < 1.29 is 19.2 Å². The monoisotopic (exact) mass is 311 g/mol. The molecule has 7 heteroatoms. The Morgan fingerprint density at radius 1 is 1.36 bits per heavy atom. The van der Waals surface area contributed by atoms with Crippen LogP contribution in [0.5, 0.6) is 0 Å². The molecule has 1 atom stereocenters. The molecule has 0 aliphatic carbocycles. The molecule has 0 saturated heterocycles. The van der Waals surface area contributed by atoms with E-state index < -0.39 is 12.0 Å². The zero-order chi connectivity index (χ0) is 16.8. The van der Waals surface area contributed by atoms with Gasteiger partial charge in [-0.2, -0.15) is 4.98 Å². The molecule has 1 aromatic rings. The van der Waals surface area contributed by atoms with Crippen LogP contribution in [0.2, 0.25) is 0 Å². The van der Waals surface area contributed by atoms with Crippen LogP contribution in [0.25, 0.3) is 0 Å². The minimum Gasteiger partial charge on any atom is -0.480 e. The van der Waals surface area contributed by atoms with E-state index in [1.807, 2.05) is 20.8 Å². The molecule has 7 nitrogen and oxygen atoms in total. The Hall–Kier alpha value is -1.92. The second-order valence-corrected chi connectivity index (χ2v) is 6.65. The minimum absolute atomic E-state index is 0.0360. The summed E-state index contributed by atoms with van der Waals surface area (Å²) < 4.78 is 4.95.